The van der Waals surface area contributed by atoms with Crippen LogP contribution in [0.5, 0.6) is 11.5 Å². The standard InChI is InChI=1S/C56H84N4O11/c1-7-10-11-12-13-14-15-16-17-20-31-57-53(63)70-44-29-30-49-47(37-44)51-45(24-19-22-34-62)42(23-18-21-33-61)36-46-48(58-69-39-41-25-27-43(28-26-41)60(65)66)38-50(56(71-49,52(46)51)68-35-9-3)59(32-8-2)54(64)67-40-55(4,5)6/h9,25-30,36-37,42,45,50-52,61-62H,3,7-8,10-24,31-35,38-40H2,1-2,4-6H3,(H,57,63). The van der Waals surface area contributed by atoms with Gasteiger partial charge in [0.15, 0.2) is 0 Å². The number of nitro benzene ring substituents is 1. The molecule has 6 atom stereocenters. The number of benzene rings is 2. The molecule has 2 aliphatic carbocycles. The Hall–Kier alpha value is -4.99. The van der Waals surface area contributed by atoms with Crippen molar-refractivity contribution in [1.29, 1.82) is 0 Å². The van der Waals surface area contributed by atoms with Crippen LogP contribution < -0.4 is 14.8 Å². The van der Waals surface area contributed by atoms with Crippen LogP contribution in [0.3, 0.4) is 0 Å². The number of nitrogens with zero attached hydrogens (tertiary/aromatic N) is 3. The molecule has 3 N–H and O–H groups in total. The van der Waals surface area contributed by atoms with E-state index >= 15 is 0 Å². The monoisotopic (exact) mass is 989 g/mol. The highest BCUT2D eigenvalue weighted by Gasteiger charge is 2.65. The highest BCUT2D eigenvalue weighted by Crippen LogP contribution is 2.62. The molecule has 0 spiro atoms. The predicted octanol–water partition coefficient (Wildman–Crippen LogP) is 12.3. The van der Waals surface area contributed by atoms with Crippen LogP contribution >= 0.6 is 0 Å². The number of nitro groups is 1. The number of fused-ring (bicyclic) bond motifs is 2. The zero-order valence-corrected chi connectivity index (χ0v) is 43.4. The lowest BCUT2D eigenvalue weighted by Crippen LogP contribution is -2.70. The summed E-state index contributed by atoms with van der Waals surface area (Å²) >= 11 is 0. The molecule has 2 aromatic carbocycles. The van der Waals surface area contributed by atoms with Gasteiger partial charge in [-0.15, -0.1) is 6.58 Å². The molecule has 71 heavy (non-hydrogen) atoms. The summed E-state index contributed by atoms with van der Waals surface area (Å²) in [6.45, 7) is 15.5. The van der Waals surface area contributed by atoms with E-state index in [1.807, 2.05) is 39.8 Å². The number of ether oxygens (including phenoxy) is 4. The number of hydrogen-bond donors (Lipinski definition) is 3. The van der Waals surface area contributed by atoms with E-state index in [0.717, 1.165) is 56.1 Å². The summed E-state index contributed by atoms with van der Waals surface area (Å²) in [5.74, 6) is -1.58. The summed E-state index contributed by atoms with van der Waals surface area (Å²) in [7, 11) is 0. The van der Waals surface area contributed by atoms with Gasteiger partial charge in [0.2, 0.25) is 5.79 Å². The third kappa shape index (κ3) is 16.3. The third-order valence-electron chi connectivity index (χ3n) is 13.9. The number of carbonyl (C=O) groups is 2. The molecule has 2 amide bonds. The average molecular weight is 989 g/mol. The summed E-state index contributed by atoms with van der Waals surface area (Å²) in [6.07, 6.45) is 19.8. The third-order valence-corrected chi connectivity index (χ3v) is 13.9. The van der Waals surface area contributed by atoms with E-state index in [1.54, 1.807) is 29.2 Å². The van der Waals surface area contributed by atoms with Gasteiger partial charge in [0, 0.05) is 56.3 Å². The Morgan fingerprint density at radius 3 is 2.24 bits per heavy atom. The van der Waals surface area contributed by atoms with Crippen molar-refractivity contribution in [2.75, 3.05) is 39.5 Å². The molecule has 394 valence electrons. The number of aliphatic hydroxyl groups excluding tert-OH is 2. The first-order chi connectivity index (χ1) is 34.3. The predicted molar refractivity (Wildman–Crippen MR) is 277 cm³/mol. The van der Waals surface area contributed by atoms with Crippen molar-refractivity contribution in [3.63, 3.8) is 0 Å². The average Bonchev–Trinajstić information content (AvgIpc) is 3.35. The second-order valence-corrected chi connectivity index (χ2v) is 20.8. The van der Waals surface area contributed by atoms with E-state index in [1.165, 1.54) is 57.1 Å². The van der Waals surface area contributed by atoms with E-state index in [-0.39, 0.29) is 68.3 Å². The first kappa shape index (κ1) is 56.9. The van der Waals surface area contributed by atoms with Gasteiger partial charge >= 0.3 is 12.2 Å². The van der Waals surface area contributed by atoms with Crippen molar-refractivity contribution >= 4 is 23.6 Å². The van der Waals surface area contributed by atoms with Crippen LogP contribution in [0.15, 0.2) is 71.9 Å². The summed E-state index contributed by atoms with van der Waals surface area (Å²) in [5, 5.41) is 39.2. The number of oxime groups is 1. The van der Waals surface area contributed by atoms with E-state index < -0.39 is 34.9 Å². The van der Waals surface area contributed by atoms with Crippen LogP contribution in [-0.2, 0) is 20.9 Å². The van der Waals surface area contributed by atoms with Gasteiger partial charge < -0.3 is 39.3 Å². The molecule has 2 aromatic rings. The Kier molecular flexibility index (Phi) is 23.2. The minimum atomic E-state index is -1.49. The van der Waals surface area contributed by atoms with Gasteiger partial charge in [-0.3, -0.25) is 15.0 Å². The molecule has 0 aromatic heterocycles. The summed E-state index contributed by atoms with van der Waals surface area (Å²) in [5.41, 5.74) is 2.61. The summed E-state index contributed by atoms with van der Waals surface area (Å²) < 4.78 is 26.5. The fourth-order valence-corrected chi connectivity index (χ4v) is 10.5. The first-order valence-electron chi connectivity index (χ1n) is 26.6. The largest absolute Gasteiger partial charge is 0.459 e. The van der Waals surface area contributed by atoms with Crippen molar-refractivity contribution in [3.8, 4) is 11.5 Å². The molecule has 0 saturated heterocycles. The zero-order chi connectivity index (χ0) is 51.2. The number of carbonyl (C=O) groups excluding carboxylic acids is 2. The normalized spacial score (nSPS) is 21.8. The van der Waals surface area contributed by atoms with Crippen molar-refractivity contribution < 1.29 is 48.5 Å². The van der Waals surface area contributed by atoms with E-state index in [9.17, 15) is 29.9 Å². The minimum absolute atomic E-state index is 0.0200. The Morgan fingerprint density at radius 2 is 1.61 bits per heavy atom. The van der Waals surface area contributed by atoms with Gasteiger partial charge in [0.1, 0.15) is 24.1 Å². The Balaban J connectivity index is 1.58. The number of non-ortho nitro benzene ring substituents is 1. The lowest BCUT2D eigenvalue weighted by atomic mass is 9.55. The minimum Gasteiger partial charge on any atom is -0.459 e. The smallest absolute Gasteiger partial charge is 0.412 e. The summed E-state index contributed by atoms with van der Waals surface area (Å²) in [6, 6.07) is 10.8. The maximum absolute atomic E-state index is 14.6. The first-order valence-corrected chi connectivity index (χ1v) is 26.6. The number of allylic oxidation sites excluding steroid dienone is 1. The molecule has 1 saturated carbocycles. The van der Waals surface area contributed by atoms with E-state index in [0.29, 0.717) is 55.1 Å². The maximum Gasteiger partial charge on any atom is 0.412 e. The highest BCUT2D eigenvalue weighted by atomic mass is 16.7. The van der Waals surface area contributed by atoms with Crippen molar-refractivity contribution in [2.45, 2.75) is 175 Å². The molecular weight excluding hydrogens is 905 g/mol. The molecule has 1 heterocycles. The second kappa shape index (κ2) is 28.9. The van der Waals surface area contributed by atoms with Crippen LogP contribution in [0.25, 0.3) is 0 Å². The van der Waals surface area contributed by atoms with Crippen LogP contribution in [-0.4, -0.2) is 89.3 Å². The van der Waals surface area contributed by atoms with Gasteiger partial charge in [0.25, 0.3) is 5.69 Å². The van der Waals surface area contributed by atoms with Crippen molar-refractivity contribution in [1.82, 2.24) is 10.2 Å². The maximum atomic E-state index is 14.6. The Bertz CT molecular complexity index is 2050. The Morgan fingerprint density at radius 1 is 0.930 bits per heavy atom. The summed E-state index contributed by atoms with van der Waals surface area (Å²) in [4.78, 5) is 46.8. The molecule has 1 fully saturated rings. The number of rotatable bonds is 31. The lowest BCUT2D eigenvalue weighted by Gasteiger charge is -2.60. The van der Waals surface area contributed by atoms with E-state index in [2.05, 4.69) is 24.9 Å². The highest BCUT2D eigenvalue weighted by molar-refractivity contribution is 6.03. The van der Waals surface area contributed by atoms with Gasteiger partial charge in [-0.25, -0.2) is 9.59 Å². The number of unbranched alkanes of at least 4 members (excludes halogenated alkanes) is 11. The van der Waals surface area contributed by atoms with Crippen LogP contribution in [0.1, 0.15) is 167 Å². The molecule has 5 rings (SSSR count). The number of hydrogen-bond acceptors (Lipinski definition) is 12. The molecule has 15 nitrogen and oxygen atoms in total. The number of aliphatic hydroxyl groups is 2. The van der Waals surface area contributed by atoms with Gasteiger partial charge in [-0.2, -0.15) is 0 Å². The topological polar surface area (TPSA) is 192 Å². The van der Waals surface area contributed by atoms with E-state index in [4.69, 9.17) is 28.9 Å². The van der Waals surface area contributed by atoms with Gasteiger partial charge in [-0.1, -0.05) is 123 Å². The van der Waals surface area contributed by atoms with Crippen molar-refractivity contribution in [3.05, 3.63) is 88.0 Å². The SMILES string of the molecule is C=CCOC12Oc3ccc(OC(=O)NCCCCCCCCCCCC)cc3C3C(CCCCO)C(CCCCO)C=C(C(=NOCc4ccc([N+](=O)[O-])cc4)CC1N(CCC)C(=O)OCC(C)(C)C)C32. The zero-order valence-electron chi connectivity index (χ0n) is 43.4. The molecular formula is C56H84N4O11. The van der Waals surface area contributed by atoms with Crippen LogP contribution in [0.4, 0.5) is 15.3 Å². The number of amides is 2. The molecule has 0 radical (unpaired) electrons. The van der Waals surface area contributed by atoms with Gasteiger partial charge in [0.05, 0.1) is 29.8 Å². The number of nitrogens with one attached hydrogen (secondary N) is 1. The fraction of sp³-hybridized carbons (Fsp3) is 0.661. The Labute approximate surface area is 422 Å². The fourth-order valence-electron chi connectivity index (χ4n) is 10.5. The molecule has 6 unspecified atom stereocenters. The van der Waals surface area contributed by atoms with Gasteiger partial charge in [-0.05, 0) is 97.2 Å². The lowest BCUT2D eigenvalue weighted by molar-refractivity contribution is -0.384. The second-order valence-electron chi connectivity index (χ2n) is 20.8. The molecule has 15 heteroatoms. The van der Waals surface area contributed by atoms with Crippen LogP contribution in [0, 0.1) is 33.3 Å². The quantitative estimate of drug-likeness (QED) is 0.0282. The molecule has 0 bridgehead atoms. The molecule has 1 aliphatic heterocycles. The van der Waals surface area contributed by atoms with Crippen LogP contribution in [0.2, 0.25) is 0 Å². The molecule has 3 aliphatic rings. The van der Waals surface area contributed by atoms with Crippen molar-refractivity contribution in [2.24, 2.45) is 28.3 Å².